The van der Waals surface area contributed by atoms with E-state index < -0.39 is 5.97 Å². The summed E-state index contributed by atoms with van der Waals surface area (Å²) in [5.74, 6) is -0.656. The van der Waals surface area contributed by atoms with Gasteiger partial charge in [-0.05, 0) is 81.7 Å². The SMILES string of the molecule is [C-]#[N+]c1cccc(CCc2ccc(C(=O)OCC)cc2NC(=O)c2ccc(N3CCCN(C)CC3)cc2)c1. The van der Waals surface area contributed by atoms with Crippen LogP contribution >= 0.6 is 0 Å². The molecule has 0 aromatic heterocycles. The highest BCUT2D eigenvalue weighted by Gasteiger charge is 2.16. The lowest BCUT2D eigenvalue weighted by Crippen LogP contribution is -2.28. The van der Waals surface area contributed by atoms with E-state index in [9.17, 15) is 9.59 Å². The standard InChI is InChI=1S/C31H34N4O3/c1-4-38-31(37)26-12-11-24(10-9-23-7-5-8-27(21-23)32-2)29(22-26)33-30(36)25-13-15-28(16-14-25)35-18-6-17-34(3)19-20-35/h5,7-8,11-16,21-22H,4,6,9-10,17-20H2,1,3H3,(H,33,36). The lowest BCUT2D eigenvalue weighted by Gasteiger charge is -2.23. The Morgan fingerprint density at radius 1 is 0.947 bits per heavy atom. The average Bonchev–Trinajstić information content (AvgIpc) is 3.17. The summed E-state index contributed by atoms with van der Waals surface area (Å²) in [5, 5.41) is 3.02. The monoisotopic (exact) mass is 510 g/mol. The third-order valence-corrected chi connectivity index (χ3v) is 6.81. The number of likely N-dealkylation sites (N-methyl/N-ethyl adjacent to an activating group) is 1. The van der Waals surface area contributed by atoms with Gasteiger partial charge in [0.1, 0.15) is 0 Å². The molecule has 4 rings (SSSR count). The molecule has 1 heterocycles. The van der Waals surface area contributed by atoms with Crippen LogP contribution in [0.4, 0.5) is 17.1 Å². The number of nitrogens with one attached hydrogen (secondary N) is 1. The third kappa shape index (κ3) is 6.99. The van der Waals surface area contributed by atoms with Gasteiger partial charge in [0.15, 0.2) is 5.69 Å². The van der Waals surface area contributed by atoms with Crippen LogP contribution in [0, 0.1) is 6.57 Å². The Hall–Kier alpha value is -4.15. The summed E-state index contributed by atoms with van der Waals surface area (Å²) < 4.78 is 5.17. The number of nitrogens with zero attached hydrogens (tertiary/aromatic N) is 3. The number of aryl methyl sites for hydroxylation is 2. The summed E-state index contributed by atoms with van der Waals surface area (Å²) in [5.41, 5.74) is 5.19. The van der Waals surface area contributed by atoms with E-state index in [4.69, 9.17) is 11.3 Å². The number of ether oxygens (including phenoxy) is 1. The highest BCUT2D eigenvalue weighted by atomic mass is 16.5. The second-order valence-corrected chi connectivity index (χ2v) is 9.52. The minimum atomic E-state index is -0.424. The summed E-state index contributed by atoms with van der Waals surface area (Å²) in [4.78, 5) is 33.8. The van der Waals surface area contributed by atoms with Crippen molar-refractivity contribution in [1.82, 2.24) is 4.90 Å². The molecular formula is C31H34N4O3. The van der Waals surface area contributed by atoms with E-state index in [-0.39, 0.29) is 12.5 Å². The van der Waals surface area contributed by atoms with Gasteiger partial charge < -0.3 is 19.9 Å². The molecule has 1 aliphatic heterocycles. The molecule has 1 amide bonds. The van der Waals surface area contributed by atoms with E-state index in [1.54, 1.807) is 25.1 Å². The van der Waals surface area contributed by atoms with Crippen LogP contribution in [0.2, 0.25) is 0 Å². The highest BCUT2D eigenvalue weighted by Crippen LogP contribution is 2.24. The van der Waals surface area contributed by atoms with Gasteiger partial charge in [-0.2, -0.15) is 0 Å². The van der Waals surface area contributed by atoms with Gasteiger partial charge >= 0.3 is 5.97 Å². The van der Waals surface area contributed by atoms with Crippen LogP contribution in [0.3, 0.4) is 0 Å². The smallest absolute Gasteiger partial charge is 0.338 e. The average molecular weight is 511 g/mol. The first kappa shape index (κ1) is 26.9. The third-order valence-electron chi connectivity index (χ3n) is 6.81. The zero-order chi connectivity index (χ0) is 26.9. The molecule has 7 heteroatoms. The van der Waals surface area contributed by atoms with Crippen LogP contribution in [0.1, 0.15) is 45.2 Å². The van der Waals surface area contributed by atoms with Crippen molar-refractivity contribution < 1.29 is 14.3 Å². The van der Waals surface area contributed by atoms with Crippen molar-refractivity contribution in [3.63, 3.8) is 0 Å². The molecule has 3 aromatic rings. The minimum absolute atomic E-state index is 0.232. The van der Waals surface area contributed by atoms with Gasteiger partial charge in [0.25, 0.3) is 5.91 Å². The van der Waals surface area contributed by atoms with Crippen LogP contribution in [-0.2, 0) is 17.6 Å². The fourth-order valence-electron chi connectivity index (χ4n) is 4.64. The molecule has 0 saturated carbocycles. The molecule has 3 aromatic carbocycles. The second-order valence-electron chi connectivity index (χ2n) is 9.52. The Kier molecular flexibility index (Phi) is 9.12. The van der Waals surface area contributed by atoms with E-state index in [1.807, 2.05) is 48.5 Å². The maximum Gasteiger partial charge on any atom is 0.338 e. The topological polar surface area (TPSA) is 66.2 Å². The normalized spacial score (nSPS) is 13.9. The molecule has 1 fully saturated rings. The van der Waals surface area contributed by atoms with E-state index in [1.165, 1.54) is 0 Å². The molecule has 1 aliphatic rings. The maximum atomic E-state index is 13.2. The van der Waals surface area contributed by atoms with E-state index in [2.05, 4.69) is 27.0 Å². The highest BCUT2D eigenvalue weighted by molar-refractivity contribution is 6.05. The molecule has 196 valence electrons. The fourth-order valence-corrected chi connectivity index (χ4v) is 4.64. The van der Waals surface area contributed by atoms with E-state index in [0.717, 1.165) is 49.4 Å². The second kappa shape index (κ2) is 12.9. The number of benzene rings is 3. The molecule has 0 aliphatic carbocycles. The van der Waals surface area contributed by atoms with Gasteiger partial charge in [0.05, 0.1) is 18.7 Å². The number of rotatable bonds is 8. The number of hydrogen-bond donors (Lipinski definition) is 1. The van der Waals surface area contributed by atoms with Crippen molar-refractivity contribution in [3.05, 3.63) is 100 Å². The van der Waals surface area contributed by atoms with Crippen molar-refractivity contribution in [1.29, 1.82) is 0 Å². The first-order valence-corrected chi connectivity index (χ1v) is 13.1. The molecular weight excluding hydrogens is 476 g/mol. The van der Waals surface area contributed by atoms with Crippen LogP contribution in [0.25, 0.3) is 4.85 Å². The number of hydrogen-bond acceptors (Lipinski definition) is 5. The lowest BCUT2D eigenvalue weighted by atomic mass is 10.0. The minimum Gasteiger partial charge on any atom is -0.462 e. The molecule has 7 nitrogen and oxygen atoms in total. The number of anilines is 2. The van der Waals surface area contributed by atoms with Gasteiger partial charge in [0, 0.05) is 36.6 Å². The number of esters is 1. The molecule has 0 atom stereocenters. The van der Waals surface area contributed by atoms with Crippen molar-refractivity contribution in [3.8, 4) is 0 Å². The number of carbonyl (C=O) groups is 2. The van der Waals surface area contributed by atoms with Crippen LogP contribution in [0.15, 0.2) is 66.7 Å². The zero-order valence-corrected chi connectivity index (χ0v) is 22.1. The predicted molar refractivity (Wildman–Crippen MR) is 151 cm³/mol. The maximum absolute atomic E-state index is 13.2. The molecule has 0 radical (unpaired) electrons. The Bertz CT molecular complexity index is 1310. The fraction of sp³-hybridized carbons (Fsp3) is 0.323. The van der Waals surface area contributed by atoms with Crippen LogP contribution in [0.5, 0.6) is 0 Å². The summed E-state index contributed by atoms with van der Waals surface area (Å²) >= 11 is 0. The number of amides is 1. The largest absolute Gasteiger partial charge is 0.462 e. The van der Waals surface area contributed by atoms with Crippen molar-refractivity contribution in [2.24, 2.45) is 0 Å². The van der Waals surface area contributed by atoms with Crippen molar-refractivity contribution in [2.45, 2.75) is 26.2 Å². The zero-order valence-electron chi connectivity index (χ0n) is 22.1. The molecule has 38 heavy (non-hydrogen) atoms. The Balaban J connectivity index is 1.51. The first-order valence-electron chi connectivity index (χ1n) is 13.1. The van der Waals surface area contributed by atoms with Crippen LogP contribution in [-0.4, -0.2) is 56.6 Å². The Labute approximate surface area is 224 Å². The van der Waals surface area contributed by atoms with Gasteiger partial charge in [0.2, 0.25) is 0 Å². The predicted octanol–water partition coefficient (Wildman–Crippen LogP) is 5.59. The summed E-state index contributed by atoms with van der Waals surface area (Å²) in [7, 11) is 2.15. The van der Waals surface area contributed by atoms with Crippen LogP contribution < -0.4 is 10.2 Å². The van der Waals surface area contributed by atoms with Crippen molar-refractivity contribution in [2.75, 3.05) is 50.1 Å². The van der Waals surface area contributed by atoms with E-state index >= 15 is 0 Å². The quantitative estimate of drug-likeness (QED) is 0.316. The number of carbonyl (C=O) groups excluding carboxylic acids is 2. The molecule has 1 saturated heterocycles. The van der Waals surface area contributed by atoms with E-state index in [0.29, 0.717) is 35.3 Å². The molecule has 0 unspecified atom stereocenters. The molecule has 1 N–H and O–H groups in total. The lowest BCUT2D eigenvalue weighted by molar-refractivity contribution is 0.0526. The molecule has 0 spiro atoms. The van der Waals surface area contributed by atoms with Crippen molar-refractivity contribution >= 4 is 28.9 Å². The Morgan fingerprint density at radius 2 is 1.74 bits per heavy atom. The summed E-state index contributed by atoms with van der Waals surface area (Å²) in [6.07, 6.45) is 2.45. The first-order chi connectivity index (χ1) is 18.5. The summed E-state index contributed by atoms with van der Waals surface area (Å²) in [6, 6.07) is 20.5. The Morgan fingerprint density at radius 3 is 2.50 bits per heavy atom. The van der Waals surface area contributed by atoms with Gasteiger partial charge in [-0.15, -0.1) is 0 Å². The summed E-state index contributed by atoms with van der Waals surface area (Å²) in [6.45, 7) is 13.4. The van der Waals surface area contributed by atoms with Gasteiger partial charge in [-0.1, -0.05) is 35.9 Å². The van der Waals surface area contributed by atoms with Gasteiger partial charge in [-0.25, -0.2) is 9.64 Å². The molecule has 0 bridgehead atoms. The van der Waals surface area contributed by atoms with Gasteiger partial charge in [-0.3, -0.25) is 4.79 Å².